The molecule has 4 rings (SSSR count). The molecular weight excluding hydrogens is 355 g/mol. The van der Waals surface area contributed by atoms with Gasteiger partial charge in [0.05, 0.1) is 0 Å². The van der Waals surface area contributed by atoms with Crippen molar-refractivity contribution < 1.29 is 0 Å². The molecule has 1 aliphatic heterocycles. The van der Waals surface area contributed by atoms with Gasteiger partial charge in [-0.1, -0.05) is 35.3 Å². The van der Waals surface area contributed by atoms with E-state index in [0.717, 1.165) is 36.0 Å². The zero-order valence-corrected chi connectivity index (χ0v) is 14.9. The summed E-state index contributed by atoms with van der Waals surface area (Å²) in [6.07, 6.45) is 2.73. The molecule has 1 aliphatic rings. The standard InChI is InChI=1S/C19H16Cl2N4/c20-15-2-1-3-17(11-15)23-19-22-8-6-18(24-19)25-9-7-13-10-16(21)5-4-14(13)12-25/h1-6,8,10-11H,7,9,12H2,(H,22,23,24). The van der Waals surface area contributed by atoms with E-state index in [9.17, 15) is 0 Å². The number of halogens is 2. The largest absolute Gasteiger partial charge is 0.352 e. The van der Waals surface area contributed by atoms with Gasteiger partial charge in [-0.05, 0) is 53.9 Å². The summed E-state index contributed by atoms with van der Waals surface area (Å²) in [5.74, 6) is 1.46. The van der Waals surface area contributed by atoms with Gasteiger partial charge >= 0.3 is 0 Å². The van der Waals surface area contributed by atoms with Gasteiger partial charge in [-0.3, -0.25) is 0 Å². The lowest BCUT2D eigenvalue weighted by molar-refractivity contribution is 0.720. The van der Waals surface area contributed by atoms with Crippen molar-refractivity contribution in [3.05, 3.63) is 75.9 Å². The van der Waals surface area contributed by atoms with Crippen LogP contribution < -0.4 is 10.2 Å². The second-order valence-corrected chi connectivity index (χ2v) is 6.83. The molecule has 0 amide bonds. The Bertz CT molecular complexity index is 913. The summed E-state index contributed by atoms with van der Waals surface area (Å²) in [7, 11) is 0. The lowest BCUT2D eigenvalue weighted by atomic mass is 10.00. The van der Waals surface area contributed by atoms with Crippen molar-refractivity contribution >= 4 is 40.7 Å². The van der Waals surface area contributed by atoms with Crippen LogP contribution in [0.1, 0.15) is 11.1 Å². The lowest BCUT2D eigenvalue weighted by Gasteiger charge is -2.30. The quantitative estimate of drug-likeness (QED) is 0.696. The molecular formula is C19H16Cl2N4. The minimum atomic E-state index is 0.557. The Morgan fingerprint density at radius 3 is 2.72 bits per heavy atom. The number of aromatic nitrogens is 2. The summed E-state index contributed by atoms with van der Waals surface area (Å²) in [5, 5.41) is 4.67. The van der Waals surface area contributed by atoms with E-state index in [1.54, 1.807) is 6.20 Å². The highest BCUT2D eigenvalue weighted by molar-refractivity contribution is 6.31. The highest BCUT2D eigenvalue weighted by Crippen LogP contribution is 2.26. The number of nitrogens with one attached hydrogen (secondary N) is 1. The third kappa shape index (κ3) is 3.70. The van der Waals surface area contributed by atoms with Crippen molar-refractivity contribution in [2.24, 2.45) is 0 Å². The Morgan fingerprint density at radius 1 is 0.960 bits per heavy atom. The molecule has 4 nitrogen and oxygen atoms in total. The van der Waals surface area contributed by atoms with E-state index in [-0.39, 0.29) is 0 Å². The van der Waals surface area contributed by atoms with Crippen LogP contribution in [0.25, 0.3) is 0 Å². The maximum Gasteiger partial charge on any atom is 0.229 e. The average molecular weight is 371 g/mol. The van der Waals surface area contributed by atoms with Gasteiger partial charge in [0.25, 0.3) is 0 Å². The second kappa shape index (κ2) is 6.90. The van der Waals surface area contributed by atoms with Crippen molar-refractivity contribution in [3.8, 4) is 0 Å². The second-order valence-electron chi connectivity index (χ2n) is 5.96. The Hall–Kier alpha value is -2.30. The van der Waals surface area contributed by atoms with Crippen molar-refractivity contribution in [1.29, 1.82) is 0 Å². The zero-order chi connectivity index (χ0) is 17.2. The smallest absolute Gasteiger partial charge is 0.229 e. The van der Waals surface area contributed by atoms with E-state index in [1.165, 1.54) is 11.1 Å². The normalized spacial score (nSPS) is 13.4. The summed E-state index contributed by atoms with van der Waals surface area (Å²) in [6.45, 7) is 1.72. The Balaban J connectivity index is 1.54. The number of anilines is 3. The molecule has 0 aliphatic carbocycles. The van der Waals surface area contributed by atoms with Crippen molar-refractivity contribution in [1.82, 2.24) is 9.97 Å². The number of nitrogens with zero attached hydrogens (tertiary/aromatic N) is 3. The molecule has 0 bridgehead atoms. The monoisotopic (exact) mass is 370 g/mol. The summed E-state index contributed by atoms with van der Waals surface area (Å²) in [4.78, 5) is 11.2. The number of hydrogen-bond donors (Lipinski definition) is 1. The van der Waals surface area contributed by atoms with Gasteiger partial charge in [0, 0.05) is 35.0 Å². The van der Waals surface area contributed by atoms with Crippen LogP contribution >= 0.6 is 23.2 Å². The Kier molecular flexibility index (Phi) is 4.47. The van der Waals surface area contributed by atoms with Crippen molar-refractivity contribution in [3.63, 3.8) is 0 Å². The fraction of sp³-hybridized carbons (Fsp3) is 0.158. The number of rotatable bonds is 3. The number of hydrogen-bond acceptors (Lipinski definition) is 4. The van der Waals surface area contributed by atoms with Crippen LogP contribution in [0.5, 0.6) is 0 Å². The SMILES string of the molecule is Clc1cccc(Nc2nccc(N3CCc4cc(Cl)ccc4C3)n2)c1. The predicted octanol–water partition coefficient (Wildman–Crippen LogP) is 5.09. The summed E-state index contributed by atoms with van der Waals surface area (Å²) >= 11 is 12.1. The fourth-order valence-electron chi connectivity index (χ4n) is 3.00. The summed E-state index contributed by atoms with van der Waals surface area (Å²) in [5.41, 5.74) is 3.47. The van der Waals surface area contributed by atoms with E-state index in [2.05, 4.69) is 32.3 Å². The molecule has 2 aromatic carbocycles. The maximum atomic E-state index is 6.09. The molecule has 0 atom stereocenters. The molecule has 0 saturated carbocycles. The van der Waals surface area contributed by atoms with Crippen molar-refractivity contribution in [2.75, 3.05) is 16.8 Å². The van der Waals surface area contributed by atoms with Gasteiger partial charge in [-0.2, -0.15) is 4.98 Å². The van der Waals surface area contributed by atoms with Gasteiger partial charge in [0.2, 0.25) is 5.95 Å². The van der Waals surface area contributed by atoms with Crippen LogP contribution in [-0.4, -0.2) is 16.5 Å². The minimum Gasteiger partial charge on any atom is -0.352 e. The van der Waals surface area contributed by atoms with Gasteiger partial charge in [-0.25, -0.2) is 4.98 Å². The first-order valence-electron chi connectivity index (χ1n) is 8.05. The Morgan fingerprint density at radius 2 is 1.84 bits per heavy atom. The zero-order valence-electron chi connectivity index (χ0n) is 13.4. The van der Waals surface area contributed by atoms with Crippen LogP contribution in [0.3, 0.4) is 0 Å². The molecule has 0 unspecified atom stereocenters. The molecule has 2 heterocycles. The first-order chi connectivity index (χ1) is 12.2. The Labute approximate surface area is 156 Å². The van der Waals surface area contributed by atoms with E-state index >= 15 is 0 Å². The molecule has 25 heavy (non-hydrogen) atoms. The van der Waals surface area contributed by atoms with Gasteiger partial charge < -0.3 is 10.2 Å². The lowest BCUT2D eigenvalue weighted by Crippen LogP contribution is -2.31. The highest BCUT2D eigenvalue weighted by Gasteiger charge is 2.18. The molecule has 0 saturated heterocycles. The molecule has 3 aromatic rings. The van der Waals surface area contributed by atoms with Gasteiger partial charge in [0.1, 0.15) is 5.82 Å². The molecule has 1 aromatic heterocycles. The third-order valence-electron chi connectivity index (χ3n) is 4.23. The van der Waals surface area contributed by atoms with Crippen LogP contribution in [0.2, 0.25) is 10.0 Å². The summed E-state index contributed by atoms with van der Waals surface area (Å²) < 4.78 is 0. The topological polar surface area (TPSA) is 41.1 Å². The summed E-state index contributed by atoms with van der Waals surface area (Å²) in [6, 6.07) is 15.5. The molecule has 6 heteroatoms. The number of benzene rings is 2. The first-order valence-corrected chi connectivity index (χ1v) is 8.81. The molecule has 0 fully saturated rings. The first kappa shape index (κ1) is 16.2. The van der Waals surface area contributed by atoms with Crippen LogP contribution in [-0.2, 0) is 13.0 Å². The molecule has 0 spiro atoms. The average Bonchev–Trinajstić information content (AvgIpc) is 2.61. The van der Waals surface area contributed by atoms with Gasteiger partial charge in [-0.15, -0.1) is 0 Å². The predicted molar refractivity (Wildman–Crippen MR) is 103 cm³/mol. The van der Waals surface area contributed by atoms with Crippen molar-refractivity contribution in [2.45, 2.75) is 13.0 Å². The van der Waals surface area contributed by atoms with E-state index < -0.39 is 0 Å². The third-order valence-corrected chi connectivity index (χ3v) is 4.70. The van der Waals surface area contributed by atoms with E-state index in [0.29, 0.717) is 11.0 Å². The van der Waals surface area contributed by atoms with E-state index in [1.807, 2.05) is 36.4 Å². The van der Waals surface area contributed by atoms with Crippen LogP contribution in [0, 0.1) is 0 Å². The minimum absolute atomic E-state index is 0.557. The van der Waals surface area contributed by atoms with Crippen LogP contribution in [0.4, 0.5) is 17.5 Å². The number of fused-ring (bicyclic) bond motifs is 1. The maximum absolute atomic E-state index is 6.09. The highest BCUT2D eigenvalue weighted by atomic mass is 35.5. The molecule has 0 radical (unpaired) electrons. The van der Waals surface area contributed by atoms with E-state index in [4.69, 9.17) is 23.2 Å². The van der Waals surface area contributed by atoms with Crippen LogP contribution in [0.15, 0.2) is 54.7 Å². The molecule has 126 valence electrons. The fourth-order valence-corrected chi connectivity index (χ4v) is 3.38. The van der Waals surface area contributed by atoms with Gasteiger partial charge in [0.15, 0.2) is 0 Å². The molecule has 1 N–H and O–H groups in total.